The minimum Gasteiger partial charge on any atom is -0.473 e. The number of fused-ring (bicyclic) bond motifs is 3. The van der Waals surface area contributed by atoms with Crippen LogP contribution in [0.15, 0.2) is 45.6 Å². The lowest BCUT2D eigenvalue weighted by atomic mass is 10.0. The van der Waals surface area contributed by atoms with E-state index in [4.69, 9.17) is 9.15 Å². The Balaban J connectivity index is 1.82. The minimum absolute atomic E-state index is 0.251. The zero-order valence-corrected chi connectivity index (χ0v) is 13.4. The molecule has 0 unspecified atom stereocenters. The Labute approximate surface area is 138 Å². The maximum Gasteiger partial charge on any atom is 0.336 e. The summed E-state index contributed by atoms with van der Waals surface area (Å²) in [6.45, 7) is 4.41. The summed E-state index contributed by atoms with van der Waals surface area (Å²) in [5.41, 5.74) is 3.16. The van der Waals surface area contributed by atoms with E-state index in [1.54, 1.807) is 13.0 Å². The summed E-state index contributed by atoms with van der Waals surface area (Å²) >= 11 is 0. The number of aryl methyl sites for hydroxylation is 2. The van der Waals surface area contributed by atoms with Crippen LogP contribution in [0.4, 0.5) is 10.1 Å². The van der Waals surface area contributed by atoms with Gasteiger partial charge in [-0.05, 0) is 49.2 Å². The number of hydrogen-bond donors (Lipinski definition) is 0. The normalized spacial score (nSPS) is 13.7. The number of ether oxygens (including phenoxy) is 1. The van der Waals surface area contributed by atoms with Gasteiger partial charge in [0, 0.05) is 17.1 Å². The molecule has 1 aliphatic rings. The van der Waals surface area contributed by atoms with Crippen molar-refractivity contribution in [3.05, 3.63) is 69.3 Å². The van der Waals surface area contributed by atoms with Gasteiger partial charge in [-0.15, -0.1) is 0 Å². The smallest absolute Gasteiger partial charge is 0.336 e. The van der Waals surface area contributed by atoms with Crippen LogP contribution in [0, 0.1) is 19.7 Å². The average molecular weight is 325 g/mol. The van der Waals surface area contributed by atoms with E-state index in [0.717, 1.165) is 22.2 Å². The molecule has 1 aliphatic heterocycles. The summed E-state index contributed by atoms with van der Waals surface area (Å²) < 4.78 is 25.1. The standard InChI is InChI=1S/C19H16FNO3/c1-11-3-4-13(8-16(11)20)21-9-15-17(23-10-21)6-5-14-12(2)7-18(22)24-19(14)15/h3-8H,9-10H2,1-2H3. The number of anilines is 1. The Bertz CT molecular complexity index is 1010. The highest BCUT2D eigenvalue weighted by molar-refractivity contribution is 5.85. The second-order valence-electron chi connectivity index (χ2n) is 6.07. The van der Waals surface area contributed by atoms with Crippen LogP contribution in [-0.4, -0.2) is 6.73 Å². The monoisotopic (exact) mass is 325 g/mol. The van der Waals surface area contributed by atoms with Crippen LogP contribution in [-0.2, 0) is 6.54 Å². The fourth-order valence-corrected chi connectivity index (χ4v) is 3.03. The molecule has 24 heavy (non-hydrogen) atoms. The van der Waals surface area contributed by atoms with Gasteiger partial charge in [-0.25, -0.2) is 9.18 Å². The number of rotatable bonds is 1. The molecule has 122 valence electrons. The number of hydrogen-bond acceptors (Lipinski definition) is 4. The van der Waals surface area contributed by atoms with Gasteiger partial charge in [-0.1, -0.05) is 6.07 Å². The van der Waals surface area contributed by atoms with Crippen molar-refractivity contribution in [3.63, 3.8) is 0 Å². The van der Waals surface area contributed by atoms with Crippen molar-refractivity contribution in [1.82, 2.24) is 0 Å². The van der Waals surface area contributed by atoms with Crippen LogP contribution in [0.2, 0.25) is 0 Å². The fraction of sp³-hybridized carbons (Fsp3) is 0.211. The summed E-state index contributed by atoms with van der Waals surface area (Å²) in [5, 5.41) is 0.883. The second-order valence-corrected chi connectivity index (χ2v) is 6.07. The predicted molar refractivity (Wildman–Crippen MR) is 90.0 cm³/mol. The molecule has 2 heterocycles. The minimum atomic E-state index is -0.382. The van der Waals surface area contributed by atoms with Gasteiger partial charge in [0.25, 0.3) is 0 Å². The van der Waals surface area contributed by atoms with Gasteiger partial charge in [-0.2, -0.15) is 0 Å². The molecule has 5 heteroatoms. The number of benzene rings is 2. The highest BCUT2D eigenvalue weighted by Crippen LogP contribution is 2.34. The van der Waals surface area contributed by atoms with E-state index in [1.807, 2.05) is 30.0 Å². The van der Waals surface area contributed by atoms with Crippen LogP contribution < -0.4 is 15.3 Å². The molecule has 4 rings (SSSR count). The Hall–Kier alpha value is -2.82. The zero-order valence-electron chi connectivity index (χ0n) is 13.4. The Morgan fingerprint density at radius 1 is 1.08 bits per heavy atom. The topological polar surface area (TPSA) is 42.7 Å². The Morgan fingerprint density at radius 2 is 1.92 bits per heavy atom. The summed E-state index contributed by atoms with van der Waals surface area (Å²) in [7, 11) is 0. The maximum atomic E-state index is 13.9. The molecular formula is C19H16FNO3. The highest BCUT2D eigenvalue weighted by Gasteiger charge is 2.22. The van der Waals surface area contributed by atoms with E-state index >= 15 is 0 Å². The summed E-state index contributed by atoms with van der Waals surface area (Å²) in [4.78, 5) is 13.7. The summed E-state index contributed by atoms with van der Waals surface area (Å²) in [6, 6.07) is 10.4. The van der Waals surface area contributed by atoms with Gasteiger partial charge in [0.05, 0.1) is 12.1 Å². The van der Waals surface area contributed by atoms with Crippen molar-refractivity contribution >= 4 is 16.7 Å². The molecule has 0 bridgehead atoms. The second kappa shape index (κ2) is 5.37. The first-order chi connectivity index (χ1) is 11.5. The van der Waals surface area contributed by atoms with E-state index in [2.05, 4.69) is 0 Å². The molecule has 2 aromatic carbocycles. The van der Waals surface area contributed by atoms with Crippen LogP contribution in [0.5, 0.6) is 5.75 Å². The lowest BCUT2D eigenvalue weighted by Gasteiger charge is -2.31. The van der Waals surface area contributed by atoms with E-state index in [1.165, 1.54) is 12.1 Å². The molecular weight excluding hydrogens is 309 g/mol. The Kier molecular flexibility index (Phi) is 3.30. The molecule has 0 amide bonds. The van der Waals surface area contributed by atoms with Crippen molar-refractivity contribution in [2.45, 2.75) is 20.4 Å². The van der Waals surface area contributed by atoms with Crippen LogP contribution in [0.1, 0.15) is 16.7 Å². The van der Waals surface area contributed by atoms with Gasteiger partial charge in [0.1, 0.15) is 17.1 Å². The lowest BCUT2D eigenvalue weighted by Crippen LogP contribution is -2.32. The highest BCUT2D eigenvalue weighted by atomic mass is 19.1. The SMILES string of the molecule is Cc1ccc(N2COc3ccc4c(C)cc(=O)oc4c3C2)cc1F. The van der Waals surface area contributed by atoms with E-state index in [-0.39, 0.29) is 11.4 Å². The maximum absolute atomic E-state index is 13.9. The quantitative estimate of drug-likeness (QED) is 0.636. The van der Waals surface area contributed by atoms with Crippen LogP contribution >= 0.6 is 0 Å². The number of halogens is 1. The third-order valence-electron chi connectivity index (χ3n) is 4.42. The van der Waals surface area contributed by atoms with Crippen molar-refractivity contribution in [2.24, 2.45) is 0 Å². The molecule has 0 N–H and O–H groups in total. The van der Waals surface area contributed by atoms with Gasteiger partial charge in [-0.3, -0.25) is 0 Å². The molecule has 0 aliphatic carbocycles. The van der Waals surface area contributed by atoms with Gasteiger partial charge < -0.3 is 14.1 Å². The first-order valence-corrected chi connectivity index (χ1v) is 7.73. The lowest BCUT2D eigenvalue weighted by molar-refractivity contribution is 0.289. The molecule has 1 aromatic heterocycles. The van der Waals surface area contributed by atoms with Gasteiger partial charge in [0.15, 0.2) is 6.73 Å². The molecule has 0 atom stereocenters. The van der Waals surface area contributed by atoms with Crippen molar-refractivity contribution in [2.75, 3.05) is 11.6 Å². The molecule has 3 aromatic rings. The molecule has 0 saturated heterocycles. The van der Waals surface area contributed by atoms with E-state index in [9.17, 15) is 9.18 Å². The molecule has 0 spiro atoms. The summed E-state index contributed by atoms with van der Waals surface area (Å²) in [6.07, 6.45) is 0. The van der Waals surface area contributed by atoms with Gasteiger partial charge >= 0.3 is 5.63 Å². The van der Waals surface area contributed by atoms with E-state index < -0.39 is 0 Å². The van der Waals surface area contributed by atoms with Crippen molar-refractivity contribution in [1.29, 1.82) is 0 Å². The third-order valence-corrected chi connectivity index (χ3v) is 4.42. The van der Waals surface area contributed by atoms with E-state index in [0.29, 0.717) is 30.2 Å². The average Bonchev–Trinajstić information content (AvgIpc) is 2.56. The molecule has 0 radical (unpaired) electrons. The number of nitrogens with zero attached hydrogens (tertiary/aromatic N) is 1. The van der Waals surface area contributed by atoms with Gasteiger partial charge in [0.2, 0.25) is 0 Å². The van der Waals surface area contributed by atoms with Crippen LogP contribution in [0.25, 0.3) is 11.0 Å². The first kappa shape index (κ1) is 14.8. The van der Waals surface area contributed by atoms with Crippen molar-refractivity contribution < 1.29 is 13.5 Å². The third kappa shape index (κ3) is 2.33. The zero-order chi connectivity index (χ0) is 16.8. The van der Waals surface area contributed by atoms with Crippen molar-refractivity contribution in [3.8, 4) is 5.75 Å². The first-order valence-electron chi connectivity index (χ1n) is 7.73. The van der Waals surface area contributed by atoms with Crippen LogP contribution in [0.3, 0.4) is 0 Å². The molecule has 0 saturated carbocycles. The summed E-state index contributed by atoms with van der Waals surface area (Å²) in [5.74, 6) is 0.443. The molecule has 4 nitrogen and oxygen atoms in total. The Morgan fingerprint density at radius 3 is 2.71 bits per heavy atom. The molecule has 0 fully saturated rings. The predicted octanol–water partition coefficient (Wildman–Crippen LogP) is 3.91. The fourth-order valence-electron chi connectivity index (χ4n) is 3.03. The largest absolute Gasteiger partial charge is 0.473 e.